The van der Waals surface area contributed by atoms with Crippen molar-refractivity contribution in [2.45, 2.75) is 13.0 Å². The number of fused-ring (bicyclic) bond motifs is 1. The van der Waals surface area contributed by atoms with Crippen LogP contribution in [0.5, 0.6) is 11.5 Å². The van der Waals surface area contributed by atoms with Crippen molar-refractivity contribution in [3.05, 3.63) is 58.1 Å². The summed E-state index contributed by atoms with van der Waals surface area (Å²) in [4.78, 5) is 4.25. The van der Waals surface area contributed by atoms with Gasteiger partial charge in [-0.15, -0.1) is 0 Å². The molecule has 0 saturated carbocycles. The van der Waals surface area contributed by atoms with Crippen molar-refractivity contribution in [3.63, 3.8) is 0 Å². The van der Waals surface area contributed by atoms with E-state index in [2.05, 4.69) is 49.8 Å². The van der Waals surface area contributed by atoms with Gasteiger partial charge in [-0.2, -0.15) is 0 Å². The molecule has 0 bridgehead atoms. The Bertz CT molecular complexity index is 734. The van der Waals surface area contributed by atoms with Crippen LogP contribution in [0, 0.1) is 0 Å². The molecule has 3 rings (SSSR count). The van der Waals surface area contributed by atoms with E-state index in [0.717, 1.165) is 41.4 Å². The Balaban J connectivity index is 1.46. The Hall–Kier alpha value is -2.21. The lowest BCUT2D eigenvalue weighted by Crippen LogP contribution is -2.37. The Kier molecular flexibility index (Phi) is 5.59. The summed E-state index contributed by atoms with van der Waals surface area (Å²) in [5.74, 6) is 2.43. The van der Waals surface area contributed by atoms with Crippen molar-refractivity contribution in [2.75, 3.05) is 20.4 Å². The molecule has 0 fully saturated rings. The topological polar surface area (TPSA) is 54.9 Å². The fourth-order valence-corrected chi connectivity index (χ4v) is 2.92. The van der Waals surface area contributed by atoms with Gasteiger partial charge in [0.25, 0.3) is 0 Å². The number of ether oxygens (including phenoxy) is 2. The van der Waals surface area contributed by atoms with E-state index < -0.39 is 0 Å². The summed E-state index contributed by atoms with van der Waals surface area (Å²) in [6.45, 7) is 1.82. The lowest BCUT2D eigenvalue weighted by atomic mass is 10.1. The van der Waals surface area contributed by atoms with E-state index in [9.17, 15) is 0 Å². The fraction of sp³-hybridized carbons (Fsp3) is 0.278. The maximum atomic E-state index is 5.40. The molecular formula is C18H20BrN3O2. The van der Waals surface area contributed by atoms with E-state index in [1.54, 1.807) is 7.05 Å². The number of hydrogen-bond acceptors (Lipinski definition) is 3. The lowest BCUT2D eigenvalue weighted by molar-refractivity contribution is 0.174. The molecule has 0 spiro atoms. The van der Waals surface area contributed by atoms with Gasteiger partial charge in [0, 0.05) is 24.6 Å². The molecule has 1 aliphatic heterocycles. The van der Waals surface area contributed by atoms with Crippen molar-refractivity contribution < 1.29 is 9.47 Å². The van der Waals surface area contributed by atoms with Crippen LogP contribution in [0.3, 0.4) is 0 Å². The van der Waals surface area contributed by atoms with Gasteiger partial charge < -0.3 is 20.1 Å². The van der Waals surface area contributed by atoms with Gasteiger partial charge in [-0.05, 0) is 41.8 Å². The summed E-state index contributed by atoms with van der Waals surface area (Å²) in [7, 11) is 1.77. The standard InChI is InChI=1S/C18H20BrN3O2/c1-20-18(22-11-14-3-2-4-15(19)9-14)21-8-7-13-5-6-16-17(10-13)24-12-23-16/h2-6,9-10H,7-8,11-12H2,1H3,(H2,20,21,22). The van der Waals surface area contributed by atoms with Crippen molar-refractivity contribution in [2.24, 2.45) is 4.99 Å². The summed E-state index contributed by atoms with van der Waals surface area (Å²) >= 11 is 3.48. The smallest absolute Gasteiger partial charge is 0.231 e. The summed E-state index contributed by atoms with van der Waals surface area (Å²) in [6, 6.07) is 14.3. The van der Waals surface area contributed by atoms with E-state index >= 15 is 0 Å². The average Bonchev–Trinajstić information content (AvgIpc) is 3.05. The lowest BCUT2D eigenvalue weighted by Gasteiger charge is -2.12. The summed E-state index contributed by atoms with van der Waals surface area (Å²) in [5, 5.41) is 6.64. The average molecular weight is 390 g/mol. The highest BCUT2D eigenvalue weighted by atomic mass is 79.9. The van der Waals surface area contributed by atoms with Crippen LogP contribution < -0.4 is 20.1 Å². The molecule has 2 aromatic carbocycles. The largest absolute Gasteiger partial charge is 0.454 e. The third-order valence-electron chi connectivity index (χ3n) is 3.72. The molecule has 1 aliphatic rings. The molecule has 126 valence electrons. The first kappa shape index (κ1) is 16.6. The molecule has 0 aliphatic carbocycles. The molecule has 0 unspecified atom stereocenters. The molecule has 0 aromatic heterocycles. The number of guanidine groups is 1. The number of benzene rings is 2. The fourth-order valence-electron chi connectivity index (χ4n) is 2.48. The minimum absolute atomic E-state index is 0.309. The van der Waals surface area contributed by atoms with Gasteiger partial charge >= 0.3 is 0 Å². The highest BCUT2D eigenvalue weighted by Gasteiger charge is 2.12. The van der Waals surface area contributed by atoms with Gasteiger partial charge in [-0.3, -0.25) is 4.99 Å². The zero-order valence-corrected chi connectivity index (χ0v) is 15.1. The monoisotopic (exact) mass is 389 g/mol. The molecule has 2 aromatic rings. The molecule has 2 N–H and O–H groups in total. The zero-order valence-electron chi connectivity index (χ0n) is 13.5. The number of hydrogen-bond donors (Lipinski definition) is 2. The normalized spacial score (nSPS) is 13.0. The van der Waals surface area contributed by atoms with E-state index in [4.69, 9.17) is 9.47 Å². The second-order valence-electron chi connectivity index (χ2n) is 5.42. The van der Waals surface area contributed by atoms with E-state index in [1.807, 2.05) is 24.3 Å². The molecule has 0 amide bonds. The number of nitrogens with zero attached hydrogens (tertiary/aromatic N) is 1. The molecule has 0 radical (unpaired) electrons. The van der Waals surface area contributed by atoms with E-state index in [1.165, 1.54) is 11.1 Å². The van der Waals surface area contributed by atoms with Gasteiger partial charge in [0.15, 0.2) is 17.5 Å². The summed E-state index contributed by atoms with van der Waals surface area (Å²) in [6.07, 6.45) is 0.883. The Labute approximate surface area is 150 Å². The SMILES string of the molecule is CN=C(NCCc1ccc2c(c1)OCO2)NCc1cccc(Br)c1. The van der Waals surface area contributed by atoms with Gasteiger partial charge in [-0.25, -0.2) is 0 Å². The first-order valence-electron chi connectivity index (χ1n) is 7.82. The maximum Gasteiger partial charge on any atom is 0.231 e. The number of halogens is 1. The van der Waals surface area contributed by atoms with Crippen LogP contribution >= 0.6 is 15.9 Å². The maximum absolute atomic E-state index is 5.40. The van der Waals surface area contributed by atoms with Crippen molar-refractivity contribution in [3.8, 4) is 11.5 Å². The highest BCUT2D eigenvalue weighted by Crippen LogP contribution is 2.32. The second kappa shape index (κ2) is 8.06. The van der Waals surface area contributed by atoms with Gasteiger partial charge in [0.2, 0.25) is 6.79 Å². The van der Waals surface area contributed by atoms with Crippen LogP contribution in [0.15, 0.2) is 51.9 Å². The first-order chi connectivity index (χ1) is 11.7. The molecular weight excluding hydrogens is 370 g/mol. The van der Waals surface area contributed by atoms with E-state index in [0.29, 0.717) is 6.79 Å². The molecule has 1 heterocycles. The van der Waals surface area contributed by atoms with Crippen molar-refractivity contribution in [1.29, 1.82) is 0 Å². The summed E-state index contributed by atoms with van der Waals surface area (Å²) < 4.78 is 11.8. The number of rotatable bonds is 5. The zero-order chi connectivity index (χ0) is 16.8. The molecule has 6 heteroatoms. The van der Waals surface area contributed by atoms with Crippen LogP contribution in [-0.4, -0.2) is 26.3 Å². The van der Waals surface area contributed by atoms with Crippen molar-refractivity contribution >= 4 is 21.9 Å². The van der Waals surface area contributed by atoms with Crippen LogP contribution in [-0.2, 0) is 13.0 Å². The van der Waals surface area contributed by atoms with E-state index in [-0.39, 0.29) is 0 Å². The van der Waals surface area contributed by atoms with Crippen LogP contribution in [0.4, 0.5) is 0 Å². The molecule has 5 nitrogen and oxygen atoms in total. The Morgan fingerprint density at radius 2 is 1.96 bits per heavy atom. The Morgan fingerprint density at radius 1 is 1.08 bits per heavy atom. The number of aliphatic imine (C=N–C) groups is 1. The number of nitrogens with one attached hydrogen (secondary N) is 2. The van der Waals surface area contributed by atoms with Gasteiger partial charge in [0.05, 0.1) is 0 Å². The van der Waals surface area contributed by atoms with Gasteiger partial charge in [0.1, 0.15) is 0 Å². The van der Waals surface area contributed by atoms with Crippen LogP contribution in [0.2, 0.25) is 0 Å². The molecule has 0 atom stereocenters. The van der Waals surface area contributed by atoms with Gasteiger partial charge in [-0.1, -0.05) is 34.1 Å². The Morgan fingerprint density at radius 3 is 2.79 bits per heavy atom. The van der Waals surface area contributed by atoms with Crippen molar-refractivity contribution in [1.82, 2.24) is 10.6 Å². The second-order valence-corrected chi connectivity index (χ2v) is 6.34. The first-order valence-corrected chi connectivity index (χ1v) is 8.61. The summed E-state index contributed by atoms with van der Waals surface area (Å²) in [5.41, 5.74) is 2.40. The third-order valence-corrected chi connectivity index (χ3v) is 4.21. The minimum atomic E-state index is 0.309. The molecule has 24 heavy (non-hydrogen) atoms. The third kappa shape index (κ3) is 4.41. The van der Waals surface area contributed by atoms with Crippen LogP contribution in [0.25, 0.3) is 0 Å². The molecule has 0 saturated heterocycles. The highest BCUT2D eigenvalue weighted by molar-refractivity contribution is 9.10. The minimum Gasteiger partial charge on any atom is -0.454 e. The predicted molar refractivity (Wildman–Crippen MR) is 98.6 cm³/mol. The van der Waals surface area contributed by atoms with Crippen LogP contribution in [0.1, 0.15) is 11.1 Å². The quantitative estimate of drug-likeness (QED) is 0.609. The predicted octanol–water partition coefficient (Wildman–Crippen LogP) is 3.09.